The molecular formula is C15H21FN2O. The Morgan fingerprint density at radius 2 is 2.21 bits per heavy atom. The summed E-state index contributed by atoms with van der Waals surface area (Å²) in [7, 11) is 4.04. The first kappa shape index (κ1) is 14.2. The van der Waals surface area contributed by atoms with E-state index in [0.717, 1.165) is 19.6 Å². The third-order valence-electron chi connectivity index (χ3n) is 3.65. The van der Waals surface area contributed by atoms with Gasteiger partial charge >= 0.3 is 0 Å². The first-order valence-electron chi connectivity index (χ1n) is 6.71. The molecule has 1 aliphatic heterocycles. The van der Waals surface area contributed by atoms with Gasteiger partial charge in [-0.3, -0.25) is 9.69 Å². The van der Waals surface area contributed by atoms with Gasteiger partial charge < -0.3 is 4.90 Å². The molecule has 1 unspecified atom stereocenters. The summed E-state index contributed by atoms with van der Waals surface area (Å²) in [5, 5.41) is 0. The van der Waals surface area contributed by atoms with Gasteiger partial charge in [0.15, 0.2) is 5.78 Å². The molecule has 2 rings (SSSR count). The minimum atomic E-state index is -0.429. The largest absolute Gasteiger partial charge is 0.306 e. The summed E-state index contributed by atoms with van der Waals surface area (Å²) in [4.78, 5) is 16.3. The summed E-state index contributed by atoms with van der Waals surface area (Å²) >= 11 is 0. The predicted octanol–water partition coefficient (Wildman–Crippen LogP) is 1.89. The maximum absolute atomic E-state index is 13.5. The molecule has 1 aromatic carbocycles. The second-order valence-corrected chi connectivity index (χ2v) is 5.52. The van der Waals surface area contributed by atoms with Crippen molar-refractivity contribution in [1.29, 1.82) is 0 Å². The summed E-state index contributed by atoms with van der Waals surface area (Å²) < 4.78 is 13.5. The van der Waals surface area contributed by atoms with Crippen LogP contribution in [0.25, 0.3) is 0 Å². The average Bonchev–Trinajstić information content (AvgIpc) is 2.74. The Balaban J connectivity index is 1.87. The number of carbonyl (C=O) groups excluding carboxylic acids is 1. The van der Waals surface area contributed by atoms with Gasteiger partial charge in [-0.2, -0.15) is 0 Å². The Labute approximate surface area is 114 Å². The SMILES string of the molecule is CN1CCC(CN(C)CC(=O)c2ccccc2F)C1. The van der Waals surface area contributed by atoms with Crippen molar-refractivity contribution in [2.75, 3.05) is 40.3 Å². The zero-order valence-corrected chi connectivity index (χ0v) is 11.6. The van der Waals surface area contributed by atoms with E-state index in [4.69, 9.17) is 0 Å². The van der Waals surface area contributed by atoms with Gasteiger partial charge in [0.05, 0.1) is 12.1 Å². The van der Waals surface area contributed by atoms with Gasteiger partial charge in [0.1, 0.15) is 5.82 Å². The van der Waals surface area contributed by atoms with E-state index in [1.54, 1.807) is 18.2 Å². The first-order chi connectivity index (χ1) is 9.06. The molecule has 0 radical (unpaired) electrons. The zero-order valence-electron chi connectivity index (χ0n) is 11.6. The third-order valence-corrected chi connectivity index (χ3v) is 3.65. The van der Waals surface area contributed by atoms with Crippen molar-refractivity contribution < 1.29 is 9.18 Å². The molecule has 0 N–H and O–H groups in total. The number of hydrogen-bond donors (Lipinski definition) is 0. The van der Waals surface area contributed by atoms with Crippen LogP contribution < -0.4 is 0 Å². The average molecular weight is 264 g/mol. The molecule has 4 heteroatoms. The molecule has 1 heterocycles. The number of rotatable bonds is 5. The quantitative estimate of drug-likeness (QED) is 0.759. The van der Waals surface area contributed by atoms with E-state index in [-0.39, 0.29) is 17.9 Å². The lowest BCUT2D eigenvalue weighted by Crippen LogP contribution is -2.32. The summed E-state index contributed by atoms with van der Waals surface area (Å²) in [6.07, 6.45) is 1.18. The van der Waals surface area contributed by atoms with Gasteiger partial charge in [-0.15, -0.1) is 0 Å². The normalized spacial score (nSPS) is 20.1. The van der Waals surface area contributed by atoms with Crippen molar-refractivity contribution in [2.45, 2.75) is 6.42 Å². The monoisotopic (exact) mass is 264 g/mol. The van der Waals surface area contributed by atoms with E-state index >= 15 is 0 Å². The van der Waals surface area contributed by atoms with Crippen LogP contribution in [0, 0.1) is 11.7 Å². The van der Waals surface area contributed by atoms with Crippen molar-refractivity contribution >= 4 is 5.78 Å². The minimum Gasteiger partial charge on any atom is -0.306 e. The number of hydrogen-bond acceptors (Lipinski definition) is 3. The second kappa shape index (κ2) is 6.26. The smallest absolute Gasteiger partial charge is 0.179 e. The lowest BCUT2D eigenvalue weighted by Gasteiger charge is -2.20. The Bertz CT molecular complexity index is 450. The zero-order chi connectivity index (χ0) is 13.8. The van der Waals surface area contributed by atoms with Gasteiger partial charge in [-0.05, 0) is 45.1 Å². The van der Waals surface area contributed by atoms with Gasteiger partial charge in [0, 0.05) is 13.1 Å². The van der Waals surface area contributed by atoms with Gasteiger partial charge in [0.25, 0.3) is 0 Å². The fourth-order valence-electron chi connectivity index (χ4n) is 2.70. The first-order valence-corrected chi connectivity index (χ1v) is 6.71. The molecule has 0 aliphatic carbocycles. The maximum Gasteiger partial charge on any atom is 0.179 e. The molecule has 1 aliphatic rings. The molecule has 0 amide bonds. The summed E-state index contributed by atoms with van der Waals surface area (Å²) in [6.45, 7) is 3.38. The van der Waals surface area contributed by atoms with Crippen LogP contribution >= 0.6 is 0 Å². The minimum absolute atomic E-state index is 0.146. The van der Waals surface area contributed by atoms with Gasteiger partial charge in [-0.1, -0.05) is 12.1 Å². The highest BCUT2D eigenvalue weighted by atomic mass is 19.1. The molecular weight excluding hydrogens is 243 g/mol. The Morgan fingerprint density at radius 3 is 2.84 bits per heavy atom. The lowest BCUT2D eigenvalue weighted by atomic mass is 10.1. The Hall–Kier alpha value is -1.26. The number of likely N-dealkylation sites (N-methyl/N-ethyl adjacent to an activating group) is 1. The molecule has 1 saturated heterocycles. The van der Waals surface area contributed by atoms with Crippen LogP contribution in [0.3, 0.4) is 0 Å². The van der Waals surface area contributed by atoms with E-state index in [0.29, 0.717) is 5.92 Å². The van der Waals surface area contributed by atoms with Crippen molar-refractivity contribution in [2.24, 2.45) is 5.92 Å². The summed E-state index contributed by atoms with van der Waals surface area (Å²) in [5.74, 6) is 0.0388. The standard InChI is InChI=1S/C15H21FN2O/c1-17-8-7-12(9-17)10-18(2)11-15(19)13-5-3-4-6-14(13)16/h3-6,12H,7-11H2,1-2H3. The third kappa shape index (κ3) is 3.85. The molecule has 1 atom stereocenters. The van der Waals surface area contributed by atoms with Crippen LogP contribution in [-0.2, 0) is 0 Å². The number of carbonyl (C=O) groups is 1. The van der Waals surface area contributed by atoms with E-state index in [2.05, 4.69) is 11.9 Å². The number of nitrogens with zero attached hydrogens (tertiary/aromatic N) is 2. The molecule has 3 nitrogen and oxygen atoms in total. The van der Waals surface area contributed by atoms with Crippen molar-refractivity contribution in [1.82, 2.24) is 9.80 Å². The fourth-order valence-corrected chi connectivity index (χ4v) is 2.70. The van der Waals surface area contributed by atoms with Crippen LogP contribution in [0.5, 0.6) is 0 Å². The van der Waals surface area contributed by atoms with Crippen LogP contribution in [0.1, 0.15) is 16.8 Å². The Kier molecular flexibility index (Phi) is 4.66. The highest BCUT2D eigenvalue weighted by molar-refractivity contribution is 5.97. The highest BCUT2D eigenvalue weighted by Gasteiger charge is 2.22. The number of ketones is 1. The predicted molar refractivity (Wildman–Crippen MR) is 73.8 cm³/mol. The molecule has 1 aromatic rings. The summed E-state index contributed by atoms with van der Waals surface area (Å²) in [6, 6.07) is 6.18. The summed E-state index contributed by atoms with van der Waals surface area (Å²) in [5.41, 5.74) is 0.192. The topological polar surface area (TPSA) is 23.6 Å². The van der Waals surface area contributed by atoms with Crippen LogP contribution in [0.2, 0.25) is 0 Å². The van der Waals surface area contributed by atoms with Crippen LogP contribution in [-0.4, -0.2) is 55.9 Å². The molecule has 19 heavy (non-hydrogen) atoms. The van der Waals surface area contributed by atoms with E-state index in [1.165, 1.54) is 12.5 Å². The van der Waals surface area contributed by atoms with Crippen molar-refractivity contribution in [3.63, 3.8) is 0 Å². The lowest BCUT2D eigenvalue weighted by molar-refractivity contribution is 0.0934. The molecule has 104 valence electrons. The highest BCUT2D eigenvalue weighted by Crippen LogP contribution is 2.15. The van der Waals surface area contributed by atoms with Gasteiger partial charge in [0.2, 0.25) is 0 Å². The molecule has 0 saturated carbocycles. The fraction of sp³-hybridized carbons (Fsp3) is 0.533. The van der Waals surface area contributed by atoms with Crippen molar-refractivity contribution in [3.05, 3.63) is 35.6 Å². The number of halogens is 1. The number of Topliss-reactive ketones (excluding diaryl/α,β-unsaturated/α-hetero) is 1. The van der Waals surface area contributed by atoms with Crippen LogP contribution in [0.15, 0.2) is 24.3 Å². The van der Waals surface area contributed by atoms with Crippen molar-refractivity contribution in [3.8, 4) is 0 Å². The van der Waals surface area contributed by atoms with Crippen LogP contribution in [0.4, 0.5) is 4.39 Å². The molecule has 0 spiro atoms. The van der Waals surface area contributed by atoms with E-state index < -0.39 is 5.82 Å². The number of benzene rings is 1. The molecule has 0 aromatic heterocycles. The molecule has 1 fully saturated rings. The molecule has 0 bridgehead atoms. The van der Waals surface area contributed by atoms with Gasteiger partial charge in [-0.25, -0.2) is 4.39 Å². The maximum atomic E-state index is 13.5. The second-order valence-electron chi connectivity index (χ2n) is 5.52. The number of likely N-dealkylation sites (tertiary alicyclic amines) is 1. The Morgan fingerprint density at radius 1 is 1.47 bits per heavy atom. The van der Waals surface area contributed by atoms with E-state index in [9.17, 15) is 9.18 Å². The van der Waals surface area contributed by atoms with E-state index in [1.807, 2.05) is 11.9 Å².